The molecule has 0 radical (unpaired) electrons. The Hall–Kier alpha value is -1.41. The maximum atomic E-state index is 9.63. The summed E-state index contributed by atoms with van der Waals surface area (Å²) in [7, 11) is 0. The summed E-state index contributed by atoms with van der Waals surface area (Å²) in [6, 6.07) is 11.8. The summed E-state index contributed by atoms with van der Waals surface area (Å²) in [6.07, 6.45) is 0.255. The van der Waals surface area contributed by atoms with E-state index >= 15 is 0 Å². The molecule has 0 saturated carbocycles. The first-order valence-electron chi connectivity index (χ1n) is 4.85. The summed E-state index contributed by atoms with van der Waals surface area (Å²) >= 11 is 0. The van der Waals surface area contributed by atoms with Gasteiger partial charge >= 0.3 is 0 Å². The molecule has 1 aromatic heterocycles. The lowest BCUT2D eigenvalue weighted by Gasteiger charge is -2.07. The lowest BCUT2D eigenvalue weighted by atomic mass is 10.1. The molecule has 2 rings (SSSR count). The van der Waals surface area contributed by atoms with Crippen molar-refractivity contribution < 1.29 is 5.11 Å². The number of hydrogen-bond acceptors (Lipinski definition) is 2. The van der Waals surface area contributed by atoms with Gasteiger partial charge in [-0.25, -0.2) is 0 Å². The van der Waals surface area contributed by atoms with Crippen LogP contribution in [0.2, 0.25) is 0 Å². The quantitative estimate of drug-likeness (QED) is 0.784. The Balaban J connectivity index is 2.51. The summed E-state index contributed by atoms with van der Waals surface area (Å²) in [5, 5.41) is 10.7. The zero-order chi connectivity index (χ0) is 9.97. The van der Waals surface area contributed by atoms with Crippen molar-refractivity contribution in [1.29, 1.82) is 0 Å². The molecule has 0 fully saturated rings. The van der Waals surface area contributed by atoms with Gasteiger partial charge in [0.25, 0.3) is 0 Å². The lowest BCUT2D eigenvalue weighted by Crippen LogP contribution is -1.98. The monoisotopic (exact) mass is 187 g/mol. The van der Waals surface area contributed by atoms with Gasteiger partial charge in [-0.05, 0) is 18.6 Å². The van der Waals surface area contributed by atoms with Gasteiger partial charge in [-0.3, -0.25) is 4.98 Å². The fraction of sp³-hybridized carbons (Fsp3) is 0.250. The third-order valence-corrected chi connectivity index (χ3v) is 2.35. The van der Waals surface area contributed by atoms with Gasteiger partial charge in [0.15, 0.2) is 0 Å². The summed E-state index contributed by atoms with van der Waals surface area (Å²) in [4.78, 5) is 4.40. The van der Waals surface area contributed by atoms with Crippen molar-refractivity contribution in [3.63, 3.8) is 0 Å². The summed E-state index contributed by atoms with van der Waals surface area (Å²) in [5.74, 6) is 0. The van der Waals surface area contributed by atoms with Gasteiger partial charge in [0.05, 0.1) is 17.3 Å². The van der Waals surface area contributed by atoms with Crippen molar-refractivity contribution >= 4 is 10.9 Å². The van der Waals surface area contributed by atoms with Gasteiger partial charge in [0.1, 0.15) is 0 Å². The smallest absolute Gasteiger partial charge is 0.0957 e. The summed E-state index contributed by atoms with van der Waals surface area (Å²) in [5.41, 5.74) is 1.70. The molecule has 0 unspecified atom stereocenters. The Bertz CT molecular complexity index is 439. The molecule has 1 aromatic carbocycles. The van der Waals surface area contributed by atoms with E-state index in [-0.39, 0.29) is 0 Å². The van der Waals surface area contributed by atoms with Gasteiger partial charge < -0.3 is 5.11 Å². The molecule has 2 nitrogen and oxygen atoms in total. The van der Waals surface area contributed by atoms with E-state index in [2.05, 4.69) is 4.98 Å². The largest absolute Gasteiger partial charge is 0.387 e. The van der Waals surface area contributed by atoms with E-state index in [1.54, 1.807) is 0 Å². The Kier molecular flexibility index (Phi) is 2.46. The average molecular weight is 187 g/mol. The van der Waals surface area contributed by atoms with Crippen molar-refractivity contribution in [3.05, 3.63) is 42.1 Å². The van der Waals surface area contributed by atoms with Gasteiger partial charge in [-0.2, -0.15) is 0 Å². The highest BCUT2D eigenvalue weighted by atomic mass is 16.3. The number of nitrogens with zero attached hydrogens (tertiary/aromatic N) is 1. The van der Waals surface area contributed by atoms with E-state index in [1.807, 2.05) is 43.3 Å². The molecule has 72 valence electrons. The van der Waals surface area contributed by atoms with Crippen LogP contribution in [0.4, 0.5) is 0 Å². The molecular formula is C12H13NO. The van der Waals surface area contributed by atoms with Crippen molar-refractivity contribution in [2.45, 2.75) is 19.4 Å². The zero-order valence-corrected chi connectivity index (χ0v) is 8.14. The first-order valence-corrected chi connectivity index (χ1v) is 4.85. The van der Waals surface area contributed by atoms with Crippen LogP contribution in [0.15, 0.2) is 36.4 Å². The van der Waals surface area contributed by atoms with Gasteiger partial charge in [-0.1, -0.05) is 31.2 Å². The summed E-state index contributed by atoms with van der Waals surface area (Å²) < 4.78 is 0. The minimum atomic E-state index is -0.445. The molecule has 0 saturated heterocycles. The van der Waals surface area contributed by atoms with E-state index in [1.165, 1.54) is 0 Å². The van der Waals surface area contributed by atoms with Gasteiger partial charge in [-0.15, -0.1) is 0 Å². The van der Waals surface area contributed by atoms with Crippen LogP contribution in [0.3, 0.4) is 0 Å². The molecule has 14 heavy (non-hydrogen) atoms. The van der Waals surface area contributed by atoms with Crippen molar-refractivity contribution in [3.8, 4) is 0 Å². The van der Waals surface area contributed by atoms with Crippen LogP contribution in [0, 0.1) is 0 Å². The minimum absolute atomic E-state index is 0.445. The fourth-order valence-corrected chi connectivity index (χ4v) is 1.48. The molecule has 1 N–H and O–H groups in total. The highest BCUT2D eigenvalue weighted by Crippen LogP contribution is 2.18. The second-order valence-corrected chi connectivity index (χ2v) is 3.35. The minimum Gasteiger partial charge on any atom is -0.387 e. The topological polar surface area (TPSA) is 33.1 Å². The second kappa shape index (κ2) is 3.76. The number of para-hydroxylation sites is 1. The van der Waals surface area contributed by atoms with E-state index in [9.17, 15) is 5.11 Å². The first kappa shape index (κ1) is 9.16. The van der Waals surface area contributed by atoms with Crippen LogP contribution < -0.4 is 0 Å². The first-order chi connectivity index (χ1) is 6.81. The SMILES string of the molecule is CC[C@@H](O)c1ccc2ccccc2n1. The third-order valence-electron chi connectivity index (χ3n) is 2.35. The number of hydrogen-bond donors (Lipinski definition) is 1. The second-order valence-electron chi connectivity index (χ2n) is 3.35. The molecule has 2 aromatic rings. The molecule has 1 atom stereocenters. The normalized spacial score (nSPS) is 13.0. The van der Waals surface area contributed by atoms with Gasteiger partial charge in [0.2, 0.25) is 0 Å². The number of pyridine rings is 1. The predicted molar refractivity (Wildman–Crippen MR) is 57.0 cm³/mol. The van der Waals surface area contributed by atoms with Crippen LogP contribution in [-0.2, 0) is 0 Å². The Morgan fingerprint density at radius 3 is 2.79 bits per heavy atom. The number of benzene rings is 1. The maximum absolute atomic E-state index is 9.63. The van der Waals surface area contributed by atoms with Crippen molar-refractivity contribution in [2.75, 3.05) is 0 Å². The molecule has 2 heteroatoms. The standard InChI is InChI=1S/C12H13NO/c1-2-12(14)11-8-7-9-5-3-4-6-10(9)13-11/h3-8,12,14H,2H2,1H3/t12-/m1/s1. The maximum Gasteiger partial charge on any atom is 0.0957 e. The van der Waals surface area contributed by atoms with Crippen molar-refractivity contribution in [2.24, 2.45) is 0 Å². The van der Waals surface area contributed by atoms with Crippen molar-refractivity contribution in [1.82, 2.24) is 4.98 Å². The van der Waals surface area contributed by atoms with E-state index < -0.39 is 6.10 Å². The third kappa shape index (κ3) is 1.61. The van der Waals surface area contributed by atoms with Crippen LogP contribution in [0.25, 0.3) is 10.9 Å². The lowest BCUT2D eigenvalue weighted by molar-refractivity contribution is 0.169. The average Bonchev–Trinajstić information content (AvgIpc) is 2.27. The molecule has 0 amide bonds. The Morgan fingerprint density at radius 2 is 2.00 bits per heavy atom. The van der Waals surface area contributed by atoms with Gasteiger partial charge in [0, 0.05) is 5.39 Å². The Labute approximate surface area is 83.2 Å². The number of rotatable bonds is 2. The molecule has 0 aliphatic carbocycles. The number of aliphatic hydroxyl groups is 1. The van der Waals surface area contributed by atoms with Crippen LogP contribution in [0.1, 0.15) is 25.1 Å². The molecular weight excluding hydrogens is 174 g/mol. The highest BCUT2D eigenvalue weighted by Gasteiger charge is 2.06. The van der Waals surface area contributed by atoms with Crippen LogP contribution >= 0.6 is 0 Å². The summed E-state index contributed by atoms with van der Waals surface area (Å²) in [6.45, 7) is 1.95. The molecule has 0 spiro atoms. The van der Waals surface area contributed by atoms with E-state index in [4.69, 9.17) is 0 Å². The predicted octanol–water partition coefficient (Wildman–Crippen LogP) is 2.68. The molecule has 0 aliphatic heterocycles. The molecule has 1 heterocycles. The van der Waals surface area contributed by atoms with Crippen LogP contribution in [-0.4, -0.2) is 10.1 Å². The van der Waals surface area contributed by atoms with Crippen LogP contribution in [0.5, 0.6) is 0 Å². The van der Waals surface area contributed by atoms with E-state index in [0.29, 0.717) is 6.42 Å². The molecule has 0 aliphatic rings. The Morgan fingerprint density at radius 1 is 1.21 bits per heavy atom. The fourth-order valence-electron chi connectivity index (χ4n) is 1.48. The number of fused-ring (bicyclic) bond motifs is 1. The van der Waals surface area contributed by atoms with E-state index in [0.717, 1.165) is 16.6 Å². The highest BCUT2D eigenvalue weighted by molar-refractivity contribution is 5.78. The number of aliphatic hydroxyl groups excluding tert-OH is 1. The zero-order valence-electron chi connectivity index (χ0n) is 8.14. The molecule has 0 bridgehead atoms. The number of aromatic nitrogens is 1.